The molecule has 0 aromatic carbocycles. The maximum atomic E-state index is 13.1. The van der Waals surface area contributed by atoms with Gasteiger partial charge >= 0.3 is 23.9 Å². The average molecular weight is 1060 g/mol. The summed E-state index contributed by atoms with van der Waals surface area (Å²) in [5.74, 6) is -3.27. The van der Waals surface area contributed by atoms with Crippen LogP contribution in [0.3, 0.4) is 0 Å². The maximum Gasteiger partial charge on any atom is 0.335 e. The summed E-state index contributed by atoms with van der Waals surface area (Å²) in [4.78, 5) is 51.0. The summed E-state index contributed by atoms with van der Waals surface area (Å²) in [5.41, 5.74) is 0. The van der Waals surface area contributed by atoms with Crippen LogP contribution in [0.1, 0.15) is 265 Å². The van der Waals surface area contributed by atoms with E-state index >= 15 is 0 Å². The van der Waals surface area contributed by atoms with E-state index in [0.717, 1.165) is 70.6 Å². The van der Waals surface area contributed by atoms with Crippen molar-refractivity contribution in [3.05, 3.63) is 60.8 Å². The zero-order chi connectivity index (χ0) is 54.7. The number of hydrogen-bond donors (Lipinski definition) is 3. The van der Waals surface area contributed by atoms with Gasteiger partial charge in [0.25, 0.3) is 0 Å². The van der Waals surface area contributed by atoms with Crippen molar-refractivity contribution in [3.8, 4) is 0 Å². The highest BCUT2D eigenvalue weighted by Gasteiger charge is 2.50. The molecule has 0 spiro atoms. The van der Waals surface area contributed by atoms with Gasteiger partial charge in [-0.25, -0.2) is 4.79 Å². The van der Waals surface area contributed by atoms with Crippen molar-refractivity contribution in [3.63, 3.8) is 0 Å². The van der Waals surface area contributed by atoms with Gasteiger partial charge in [-0.2, -0.15) is 0 Å². The Bertz CT molecular complexity index is 1540. The van der Waals surface area contributed by atoms with Crippen molar-refractivity contribution in [2.24, 2.45) is 0 Å². The van der Waals surface area contributed by atoms with Crippen LogP contribution in [0.5, 0.6) is 0 Å². The molecular weight excluding hydrogens is 949 g/mol. The highest BCUT2D eigenvalue weighted by atomic mass is 16.7. The van der Waals surface area contributed by atoms with Crippen LogP contribution < -0.4 is 0 Å². The lowest BCUT2D eigenvalue weighted by Gasteiger charge is -2.40. The van der Waals surface area contributed by atoms with Gasteiger partial charge in [0.05, 0.1) is 13.0 Å². The molecule has 3 N–H and O–H groups in total. The lowest BCUT2D eigenvalue weighted by molar-refractivity contribution is -0.301. The SMILES string of the molecule is CC/C=C\C/C=C\C/C=C\C/C=C\C/C=C\CC(=O)OC(COC(=O)CCCCCCCCCCCCCCCCCCCCC)COC1OC(C(=O)O)C(O)C(O)C1OC(=O)CCCCCCCCCCCCC. The smallest absolute Gasteiger partial charge is 0.335 e. The summed E-state index contributed by atoms with van der Waals surface area (Å²) < 4.78 is 28.3. The van der Waals surface area contributed by atoms with Gasteiger partial charge in [-0.15, -0.1) is 0 Å². The fourth-order valence-electron chi connectivity index (χ4n) is 9.03. The van der Waals surface area contributed by atoms with Gasteiger partial charge in [0.2, 0.25) is 0 Å². The van der Waals surface area contributed by atoms with Gasteiger partial charge in [-0.1, -0.05) is 261 Å². The first-order valence-corrected chi connectivity index (χ1v) is 30.3. The van der Waals surface area contributed by atoms with E-state index in [2.05, 4.69) is 63.3 Å². The second-order valence-corrected chi connectivity index (χ2v) is 20.6. The molecule has 1 rings (SSSR count). The molecule has 0 aromatic rings. The molecule has 1 saturated heterocycles. The molecule has 0 bridgehead atoms. The first-order valence-electron chi connectivity index (χ1n) is 30.3. The molecule has 0 saturated carbocycles. The molecule has 0 amide bonds. The van der Waals surface area contributed by atoms with Crippen molar-refractivity contribution in [1.82, 2.24) is 0 Å². The number of ether oxygens (including phenoxy) is 5. The number of esters is 3. The zero-order valence-corrected chi connectivity index (χ0v) is 47.5. The van der Waals surface area contributed by atoms with Crippen LogP contribution in [-0.4, -0.2) is 89.2 Å². The van der Waals surface area contributed by atoms with Crippen molar-refractivity contribution in [2.45, 2.75) is 302 Å². The number of unbranched alkanes of at least 4 members (excludes halogenated alkanes) is 28. The zero-order valence-electron chi connectivity index (χ0n) is 47.5. The Morgan fingerprint density at radius 2 is 0.827 bits per heavy atom. The van der Waals surface area contributed by atoms with Crippen molar-refractivity contribution >= 4 is 23.9 Å². The Morgan fingerprint density at radius 3 is 1.23 bits per heavy atom. The fraction of sp³-hybridized carbons (Fsp3) is 0.778. The summed E-state index contributed by atoms with van der Waals surface area (Å²) in [6.45, 7) is 5.80. The molecule has 12 heteroatoms. The average Bonchev–Trinajstić information content (AvgIpc) is 3.39. The number of carboxylic acid groups (broad SMARTS) is 1. The van der Waals surface area contributed by atoms with Gasteiger partial charge in [0.1, 0.15) is 18.8 Å². The van der Waals surface area contributed by atoms with Gasteiger partial charge < -0.3 is 39.0 Å². The number of aliphatic hydroxyl groups excluding tert-OH is 2. The molecular formula is C63H108O12. The van der Waals surface area contributed by atoms with E-state index in [1.165, 1.54) is 135 Å². The van der Waals surface area contributed by atoms with Crippen molar-refractivity contribution < 1.29 is 58.2 Å². The first-order chi connectivity index (χ1) is 36.6. The molecule has 75 heavy (non-hydrogen) atoms. The number of allylic oxidation sites excluding steroid dienone is 9. The van der Waals surface area contributed by atoms with E-state index < -0.39 is 67.3 Å². The summed E-state index contributed by atoms with van der Waals surface area (Å²) in [6, 6.07) is 0. The molecule has 1 aliphatic heterocycles. The summed E-state index contributed by atoms with van der Waals surface area (Å²) in [5, 5.41) is 31.4. The van der Waals surface area contributed by atoms with E-state index in [1.54, 1.807) is 6.08 Å². The van der Waals surface area contributed by atoms with Gasteiger partial charge in [0.15, 0.2) is 24.6 Å². The number of carbonyl (C=O) groups excluding carboxylic acids is 3. The Labute approximate surface area is 456 Å². The van der Waals surface area contributed by atoms with E-state index in [1.807, 2.05) is 12.2 Å². The topological polar surface area (TPSA) is 175 Å². The Hall–Kier alpha value is -3.58. The molecule has 0 aromatic heterocycles. The lowest BCUT2D eigenvalue weighted by atomic mass is 9.98. The van der Waals surface area contributed by atoms with E-state index in [9.17, 15) is 34.5 Å². The van der Waals surface area contributed by atoms with Crippen LogP contribution >= 0.6 is 0 Å². The lowest BCUT2D eigenvalue weighted by Crippen LogP contribution is -2.61. The molecule has 6 atom stereocenters. The number of aliphatic hydroxyl groups is 2. The number of aliphatic carboxylic acids is 1. The third-order valence-corrected chi connectivity index (χ3v) is 13.6. The molecule has 432 valence electrons. The first kappa shape index (κ1) is 69.4. The van der Waals surface area contributed by atoms with E-state index in [-0.39, 0.29) is 25.9 Å². The number of rotatable bonds is 51. The van der Waals surface area contributed by atoms with Crippen LogP contribution in [0.25, 0.3) is 0 Å². The second-order valence-electron chi connectivity index (χ2n) is 20.6. The summed E-state index contributed by atoms with van der Waals surface area (Å²) >= 11 is 0. The molecule has 12 nitrogen and oxygen atoms in total. The summed E-state index contributed by atoms with van der Waals surface area (Å²) in [7, 11) is 0. The second kappa shape index (κ2) is 51.2. The Balaban J connectivity index is 2.70. The monoisotopic (exact) mass is 1060 g/mol. The van der Waals surface area contributed by atoms with Crippen LogP contribution in [-0.2, 0) is 42.9 Å². The van der Waals surface area contributed by atoms with Crippen LogP contribution in [0, 0.1) is 0 Å². The number of carbonyl (C=O) groups is 4. The fourth-order valence-corrected chi connectivity index (χ4v) is 9.03. The minimum Gasteiger partial charge on any atom is -0.479 e. The van der Waals surface area contributed by atoms with Gasteiger partial charge in [-0.3, -0.25) is 14.4 Å². The Morgan fingerprint density at radius 1 is 0.453 bits per heavy atom. The number of hydrogen-bond acceptors (Lipinski definition) is 11. The molecule has 1 fully saturated rings. The van der Waals surface area contributed by atoms with Crippen LogP contribution in [0.15, 0.2) is 60.8 Å². The largest absolute Gasteiger partial charge is 0.479 e. The molecule has 0 aliphatic carbocycles. The highest BCUT2D eigenvalue weighted by molar-refractivity contribution is 5.74. The summed E-state index contributed by atoms with van der Waals surface area (Å²) in [6.07, 6.45) is 50.9. The van der Waals surface area contributed by atoms with Gasteiger partial charge in [0, 0.05) is 12.8 Å². The van der Waals surface area contributed by atoms with Crippen LogP contribution in [0.2, 0.25) is 0 Å². The van der Waals surface area contributed by atoms with Gasteiger partial charge in [-0.05, 0) is 44.9 Å². The standard InChI is InChI=1S/C63H108O12/c1-4-7-10-13-16-19-22-24-26-27-28-29-31-32-35-37-40-43-46-49-55(64)71-52-54(73-56(65)50-47-44-41-39-36-33-30-25-23-20-17-14-11-8-5-2)53-72-63-61(59(68)58(67)60(75-63)62(69)70)74-57(66)51-48-45-42-38-34-21-18-15-12-9-6-3/h8,11,17,20,25,30,36,39,44,47,54,58-61,63,67-68H,4-7,9-10,12-16,18-19,21-24,26-29,31-35,37-38,40-43,45-46,48-53H2,1-3H3,(H,69,70)/b11-8-,20-17-,30-25-,39-36-,47-44-. The molecule has 0 radical (unpaired) electrons. The molecule has 6 unspecified atom stereocenters. The predicted molar refractivity (Wildman–Crippen MR) is 303 cm³/mol. The highest BCUT2D eigenvalue weighted by Crippen LogP contribution is 2.26. The van der Waals surface area contributed by atoms with Crippen molar-refractivity contribution in [2.75, 3.05) is 13.2 Å². The van der Waals surface area contributed by atoms with Crippen LogP contribution in [0.4, 0.5) is 0 Å². The third kappa shape index (κ3) is 41.2. The minimum atomic E-state index is -1.91. The van der Waals surface area contributed by atoms with E-state index in [0.29, 0.717) is 19.3 Å². The minimum absolute atomic E-state index is 0.0525. The normalized spacial score (nSPS) is 18.5. The quantitative estimate of drug-likeness (QED) is 0.0228. The Kier molecular flexibility index (Phi) is 47.4. The maximum absolute atomic E-state index is 13.1. The molecule has 1 heterocycles. The number of carboxylic acids is 1. The predicted octanol–water partition coefficient (Wildman–Crippen LogP) is 15.6. The molecule has 1 aliphatic rings. The van der Waals surface area contributed by atoms with Crippen molar-refractivity contribution in [1.29, 1.82) is 0 Å². The van der Waals surface area contributed by atoms with E-state index in [4.69, 9.17) is 23.7 Å². The third-order valence-electron chi connectivity index (χ3n) is 13.6.